The van der Waals surface area contributed by atoms with Gasteiger partial charge in [-0.25, -0.2) is 9.97 Å². The summed E-state index contributed by atoms with van der Waals surface area (Å²) < 4.78 is 0.981. The number of carbonyl (C=O) groups is 1. The van der Waals surface area contributed by atoms with E-state index in [-0.39, 0.29) is 5.91 Å². The van der Waals surface area contributed by atoms with E-state index in [9.17, 15) is 4.79 Å². The first-order valence-corrected chi connectivity index (χ1v) is 8.15. The molecule has 0 radical (unpaired) electrons. The summed E-state index contributed by atoms with van der Waals surface area (Å²) in [6, 6.07) is 7.75. The van der Waals surface area contributed by atoms with Gasteiger partial charge in [-0.05, 0) is 37.5 Å². The zero-order valence-corrected chi connectivity index (χ0v) is 13.7. The van der Waals surface area contributed by atoms with Crippen molar-refractivity contribution in [3.05, 3.63) is 46.7 Å². The molecule has 1 aliphatic rings. The van der Waals surface area contributed by atoms with Crippen LogP contribution in [0.3, 0.4) is 0 Å². The van der Waals surface area contributed by atoms with Crippen molar-refractivity contribution in [3.8, 4) is 0 Å². The molecule has 0 spiro atoms. The Hall–Kier alpha value is -1.95. The molecule has 2 aromatic rings. The summed E-state index contributed by atoms with van der Waals surface area (Å²) in [6.45, 7) is 1.66. The summed E-state index contributed by atoms with van der Waals surface area (Å²) in [5.41, 5.74) is 1.44. The van der Waals surface area contributed by atoms with Gasteiger partial charge in [0, 0.05) is 35.6 Å². The minimum absolute atomic E-state index is 0.0219. The van der Waals surface area contributed by atoms with Crippen molar-refractivity contribution in [2.75, 3.05) is 18.4 Å². The predicted octanol–water partition coefficient (Wildman–Crippen LogP) is 3.61. The molecule has 1 aliphatic heterocycles. The van der Waals surface area contributed by atoms with Gasteiger partial charge in [0.15, 0.2) is 0 Å². The summed E-state index contributed by atoms with van der Waals surface area (Å²) >= 11 is 3.42. The Bertz CT molecular complexity index is 653. The van der Waals surface area contributed by atoms with Crippen LogP contribution in [0.1, 0.15) is 29.6 Å². The van der Waals surface area contributed by atoms with Crippen LogP contribution in [0, 0.1) is 0 Å². The predicted molar refractivity (Wildman–Crippen MR) is 89.2 cm³/mol. The number of hydrogen-bond donors (Lipinski definition) is 1. The zero-order chi connectivity index (χ0) is 15.4. The average molecular weight is 361 g/mol. The Balaban J connectivity index is 1.68. The summed E-state index contributed by atoms with van der Waals surface area (Å²) in [6.07, 6.45) is 6.54. The minimum Gasteiger partial charge on any atom is -0.339 e. The molecule has 1 amide bonds. The first-order chi connectivity index (χ1) is 10.7. The van der Waals surface area contributed by atoms with Gasteiger partial charge in [-0.1, -0.05) is 22.0 Å². The molecule has 5 nitrogen and oxygen atoms in total. The maximum Gasteiger partial charge on any atom is 0.256 e. The Morgan fingerprint density at radius 3 is 2.55 bits per heavy atom. The normalized spacial score (nSPS) is 14.7. The monoisotopic (exact) mass is 360 g/mol. The van der Waals surface area contributed by atoms with Crippen LogP contribution >= 0.6 is 15.9 Å². The third-order valence-electron chi connectivity index (χ3n) is 3.62. The topological polar surface area (TPSA) is 58.1 Å². The lowest BCUT2D eigenvalue weighted by Crippen LogP contribution is -2.35. The molecule has 3 rings (SSSR count). The van der Waals surface area contributed by atoms with E-state index in [1.807, 2.05) is 29.2 Å². The molecule has 0 saturated carbocycles. The van der Waals surface area contributed by atoms with Gasteiger partial charge in [0.2, 0.25) is 5.95 Å². The fourth-order valence-corrected chi connectivity index (χ4v) is 2.88. The zero-order valence-electron chi connectivity index (χ0n) is 12.1. The molecular formula is C16H17BrN4O. The van der Waals surface area contributed by atoms with Crippen LogP contribution in [0.15, 0.2) is 41.1 Å². The quantitative estimate of drug-likeness (QED) is 0.908. The first kappa shape index (κ1) is 15.0. The molecule has 1 aromatic heterocycles. The Kier molecular flexibility index (Phi) is 4.68. The molecule has 0 atom stereocenters. The summed E-state index contributed by atoms with van der Waals surface area (Å²) in [5.74, 6) is 0.502. The number of piperidine rings is 1. The number of rotatable bonds is 3. The lowest BCUT2D eigenvalue weighted by Gasteiger charge is -2.26. The molecule has 1 aromatic carbocycles. The van der Waals surface area contributed by atoms with Gasteiger partial charge >= 0.3 is 0 Å². The van der Waals surface area contributed by atoms with Crippen molar-refractivity contribution >= 4 is 33.5 Å². The van der Waals surface area contributed by atoms with E-state index >= 15 is 0 Å². The average Bonchev–Trinajstić information content (AvgIpc) is 2.56. The number of likely N-dealkylation sites (tertiary alicyclic amines) is 1. The number of halogens is 1. The van der Waals surface area contributed by atoms with E-state index in [1.54, 1.807) is 12.4 Å². The van der Waals surface area contributed by atoms with Crippen LogP contribution in [0.2, 0.25) is 0 Å². The molecule has 0 aliphatic carbocycles. The van der Waals surface area contributed by atoms with Crippen LogP contribution in [-0.2, 0) is 0 Å². The van der Waals surface area contributed by atoms with Crippen molar-refractivity contribution < 1.29 is 4.79 Å². The number of aromatic nitrogens is 2. The fourth-order valence-electron chi connectivity index (χ4n) is 2.48. The number of hydrogen-bond acceptors (Lipinski definition) is 4. The third-order valence-corrected chi connectivity index (χ3v) is 4.12. The molecule has 0 unspecified atom stereocenters. The lowest BCUT2D eigenvalue weighted by atomic mass is 10.1. The Morgan fingerprint density at radius 2 is 1.86 bits per heavy atom. The number of anilines is 2. The van der Waals surface area contributed by atoms with Gasteiger partial charge in [-0.3, -0.25) is 4.79 Å². The molecule has 2 heterocycles. The maximum atomic E-state index is 12.3. The van der Waals surface area contributed by atoms with Crippen LogP contribution < -0.4 is 5.32 Å². The highest BCUT2D eigenvalue weighted by molar-refractivity contribution is 9.10. The van der Waals surface area contributed by atoms with E-state index in [0.717, 1.165) is 36.1 Å². The van der Waals surface area contributed by atoms with Crippen molar-refractivity contribution in [2.45, 2.75) is 19.3 Å². The second kappa shape index (κ2) is 6.87. The lowest BCUT2D eigenvalue weighted by molar-refractivity contribution is 0.0723. The van der Waals surface area contributed by atoms with E-state index in [4.69, 9.17) is 0 Å². The standard InChI is InChI=1S/C16H17BrN4O/c17-13-5-4-6-14(9-13)20-16-18-10-12(11-19-16)15(22)21-7-2-1-3-8-21/h4-6,9-11H,1-3,7-8H2,(H,18,19,20). The summed E-state index contributed by atoms with van der Waals surface area (Å²) in [7, 11) is 0. The molecule has 114 valence electrons. The van der Waals surface area contributed by atoms with Gasteiger partial charge < -0.3 is 10.2 Å². The van der Waals surface area contributed by atoms with E-state index < -0.39 is 0 Å². The largest absolute Gasteiger partial charge is 0.339 e. The van der Waals surface area contributed by atoms with Gasteiger partial charge in [0.25, 0.3) is 5.91 Å². The fraction of sp³-hybridized carbons (Fsp3) is 0.312. The summed E-state index contributed by atoms with van der Waals surface area (Å²) in [4.78, 5) is 22.7. The molecule has 1 N–H and O–H groups in total. The molecule has 1 saturated heterocycles. The van der Waals surface area contributed by atoms with Gasteiger partial charge in [-0.2, -0.15) is 0 Å². The molecule has 0 bridgehead atoms. The van der Waals surface area contributed by atoms with E-state index in [2.05, 4.69) is 31.2 Å². The minimum atomic E-state index is 0.0219. The van der Waals surface area contributed by atoms with Gasteiger partial charge in [0.1, 0.15) is 0 Å². The smallest absolute Gasteiger partial charge is 0.256 e. The van der Waals surface area contributed by atoms with E-state index in [1.165, 1.54) is 6.42 Å². The highest BCUT2D eigenvalue weighted by atomic mass is 79.9. The van der Waals surface area contributed by atoms with Gasteiger partial charge in [-0.15, -0.1) is 0 Å². The third kappa shape index (κ3) is 3.62. The van der Waals surface area contributed by atoms with Crippen LogP contribution in [0.25, 0.3) is 0 Å². The molecule has 22 heavy (non-hydrogen) atoms. The van der Waals surface area contributed by atoms with Crippen LogP contribution in [-0.4, -0.2) is 33.9 Å². The second-order valence-corrected chi connectivity index (χ2v) is 6.20. The van der Waals surface area contributed by atoms with Crippen molar-refractivity contribution in [1.29, 1.82) is 0 Å². The molecule has 6 heteroatoms. The highest BCUT2D eigenvalue weighted by Crippen LogP contribution is 2.18. The Morgan fingerprint density at radius 1 is 1.14 bits per heavy atom. The van der Waals surface area contributed by atoms with Crippen molar-refractivity contribution in [2.24, 2.45) is 0 Å². The SMILES string of the molecule is O=C(c1cnc(Nc2cccc(Br)c2)nc1)N1CCCCC1. The van der Waals surface area contributed by atoms with Crippen molar-refractivity contribution in [3.63, 3.8) is 0 Å². The molecular weight excluding hydrogens is 344 g/mol. The number of carbonyl (C=O) groups excluding carboxylic acids is 1. The van der Waals surface area contributed by atoms with Crippen LogP contribution in [0.4, 0.5) is 11.6 Å². The number of benzene rings is 1. The number of amides is 1. The number of nitrogens with one attached hydrogen (secondary N) is 1. The van der Waals surface area contributed by atoms with E-state index in [0.29, 0.717) is 11.5 Å². The second-order valence-electron chi connectivity index (χ2n) is 5.28. The first-order valence-electron chi connectivity index (χ1n) is 7.36. The van der Waals surface area contributed by atoms with Crippen molar-refractivity contribution in [1.82, 2.24) is 14.9 Å². The summed E-state index contributed by atoms with van der Waals surface area (Å²) in [5, 5.41) is 3.11. The maximum absolute atomic E-state index is 12.3. The van der Waals surface area contributed by atoms with Gasteiger partial charge in [0.05, 0.1) is 5.56 Å². The van der Waals surface area contributed by atoms with Crippen LogP contribution in [0.5, 0.6) is 0 Å². The molecule has 1 fully saturated rings. The Labute approximate surface area is 137 Å². The highest BCUT2D eigenvalue weighted by Gasteiger charge is 2.18. The number of nitrogens with zero attached hydrogens (tertiary/aromatic N) is 3.